The van der Waals surface area contributed by atoms with Crippen LogP contribution in [0.2, 0.25) is 0 Å². The Bertz CT molecular complexity index is 928. The van der Waals surface area contributed by atoms with Crippen molar-refractivity contribution in [2.45, 2.75) is 55.9 Å². The number of nitrogens with one attached hydrogen (secondary N) is 2. The van der Waals surface area contributed by atoms with Crippen molar-refractivity contribution in [2.24, 2.45) is 11.8 Å². The zero-order valence-electron chi connectivity index (χ0n) is 20.2. The summed E-state index contributed by atoms with van der Waals surface area (Å²) in [6.07, 6.45) is 10.5. The lowest BCUT2D eigenvalue weighted by Gasteiger charge is -2.33. The van der Waals surface area contributed by atoms with Crippen LogP contribution in [-0.4, -0.2) is 55.0 Å². The highest BCUT2D eigenvalue weighted by Crippen LogP contribution is 2.32. The van der Waals surface area contributed by atoms with Gasteiger partial charge in [0, 0.05) is 16.5 Å². The third-order valence-electron chi connectivity index (χ3n) is 6.93. The smallest absolute Gasteiger partial charge is 0.260 e. The van der Waals surface area contributed by atoms with Gasteiger partial charge in [-0.05, 0) is 56.3 Å². The fourth-order valence-electron chi connectivity index (χ4n) is 5.07. The molecule has 7 nitrogen and oxygen atoms in total. The van der Waals surface area contributed by atoms with Gasteiger partial charge >= 0.3 is 0 Å². The lowest BCUT2D eigenvalue weighted by atomic mass is 9.85. The van der Waals surface area contributed by atoms with E-state index < -0.39 is 0 Å². The Labute approximate surface area is 206 Å². The second-order valence-corrected chi connectivity index (χ2v) is 10.3. The highest BCUT2D eigenvalue weighted by atomic mass is 32.2. The van der Waals surface area contributed by atoms with E-state index in [-0.39, 0.29) is 11.9 Å². The molecule has 2 aromatic rings. The lowest BCUT2D eigenvalue weighted by Crippen LogP contribution is -2.47. The number of amides is 1. The van der Waals surface area contributed by atoms with Crippen molar-refractivity contribution in [1.29, 1.82) is 0 Å². The van der Waals surface area contributed by atoms with E-state index >= 15 is 0 Å². The van der Waals surface area contributed by atoms with Crippen molar-refractivity contribution in [1.82, 2.24) is 20.6 Å². The SMILES string of the molecule is COc1cnc(-c2ccc(SCC(=O)NC(CC3CCCC3)C3CCCNC3)cc2)nc1OC. The molecule has 184 valence electrons. The number of benzene rings is 1. The van der Waals surface area contributed by atoms with Crippen molar-refractivity contribution in [2.75, 3.05) is 33.1 Å². The van der Waals surface area contributed by atoms with Crippen LogP contribution < -0.4 is 20.1 Å². The van der Waals surface area contributed by atoms with Gasteiger partial charge in [0.1, 0.15) is 0 Å². The van der Waals surface area contributed by atoms with Gasteiger partial charge in [-0.3, -0.25) is 4.79 Å². The van der Waals surface area contributed by atoms with E-state index in [1.54, 1.807) is 32.2 Å². The molecular weight excluding hydrogens is 448 g/mol. The molecule has 2 atom stereocenters. The maximum atomic E-state index is 12.9. The molecule has 1 saturated heterocycles. The number of aromatic nitrogens is 2. The first-order valence-electron chi connectivity index (χ1n) is 12.3. The highest BCUT2D eigenvalue weighted by Gasteiger charge is 2.28. The van der Waals surface area contributed by atoms with Gasteiger partial charge in [-0.15, -0.1) is 11.8 Å². The normalized spacial score (nSPS) is 19.5. The monoisotopic (exact) mass is 484 g/mol. The van der Waals surface area contributed by atoms with E-state index in [9.17, 15) is 4.79 Å². The summed E-state index contributed by atoms with van der Waals surface area (Å²) in [7, 11) is 3.12. The summed E-state index contributed by atoms with van der Waals surface area (Å²) in [6.45, 7) is 2.12. The van der Waals surface area contributed by atoms with E-state index in [1.165, 1.54) is 38.5 Å². The molecule has 0 spiro atoms. The number of piperidine rings is 1. The summed E-state index contributed by atoms with van der Waals surface area (Å²) in [4.78, 5) is 22.7. The van der Waals surface area contributed by atoms with Gasteiger partial charge in [0.15, 0.2) is 11.6 Å². The number of thioether (sulfide) groups is 1. The van der Waals surface area contributed by atoms with Crippen LogP contribution in [0.3, 0.4) is 0 Å². The average molecular weight is 485 g/mol. The Hall–Kier alpha value is -2.32. The molecule has 1 saturated carbocycles. The standard InChI is InChI=1S/C26H36N4O3S/c1-32-23-16-28-25(30-26(23)33-2)19-9-11-21(12-10-19)34-17-24(31)29-22(14-18-6-3-4-7-18)20-8-5-13-27-15-20/h9-12,16,18,20,22,27H,3-8,13-15,17H2,1-2H3,(H,29,31). The molecule has 2 N–H and O–H groups in total. The number of carbonyl (C=O) groups excluding carboxylic acids is 1. The van der Waals surface area contributed by atoms with Gasteiger partial charge in [-0.1, -0.05) is 37.8 Å². The molecule has 2 aliphatic rings. The van der Waals surface area contributed by atoms with Crippen LogP contribution in [-0.2, 0) is 4.79 Å². The Morgan fingerprint density at radius 1 is 1.15 bits per heavy atom. The van der Waals surface area contributed by atoms with Crippen LogP contribution in [0, 0.1) is 11.8 Å². The largest absolute Gasteiger partial charge is 0.490 e. The molecule has 2 heterocycles. The number of methoxy groups -OCH3 is 2. The van der Waals surface area contributed by atoms with E-state index in [0.29, 0.717) is 29.1 Å². The van der Waals surface area contributed by atoms with Crippen molar-refractivity contribution in [3.63, 3.8) is 0 Å². The summed E-state index contributed by atoms with van der Waals surface area (Å²) >= 11 is 1.56. The van der Waals surface area contributed by atoms with Crippen LogP contribution in [0.15, 0.2) is 35.4 Å². The summed E-state index contributed by atoms with van der Waals surface area (Å²) in [5, 5.41) is 6.92. The topological polar surface area (TPSA) is 85.4 Å². The molecule has 1 aliphatic heterocycles. The van der Waals surface area contributed by atoms with Crippen molar-refractivity contribution >= 4 is 17.7 Å². The number of nitrogens with zero attached hydrogens (tertiary/aromatic N) is 2. The fraction of sp³-hybridized carbons (Fsp3) is 0.577. The molecule has 1 aromatic heterocycles. The van der Waals surface area contributed by atoms with Crippen molar-refractivity contribution in [3.05, 3.63) is 30.5 Å². The number of rotatable bonds is 10. The van der Waals surface area contributed by atoms with Crippen LogP contribution in [0.5, 0.6) is 11.6 Å². The molecule has 2 fully saturated rings. The third-order valence-corrected chi connectivity index (χ3v) is 7.94. The predicted octanol–water partition coefficient (Wildman–Crippen LogP) is 4.32. The lowest BCUT2D eigenvalue weighted by molar-refractivity contribution is -0.119. The Morgan fingerprint density at radius 2 is 1.94 bits per heavy atom. The average Bonchev–Trinajstić information content (AvgIpc) is 3.40. The number of ether oxygens (including phenoxy) is 2. The molecule has 1 amide bonds. The first-order valence-corrected chi connectivity index (χ1v) is 13.3. The summed E-state index contributed by atoms with van der Waals surface area (Å²) < 4.78 is 10.5. The number of hydrogen-bond donors (Lipinski definition) is 2. The summed E-state index contributed by atoms with van der Waals surface area (Å²) in [5.74, 6) is 3.35. The summed E-state index contributed by atoms with van der Waals surface area (Å²) in [5.41, 5.74) is 0.885. The summed E-state index contributed by atoms with van der Waals surface area (Å²) in [6, 6.07) is 8.24. The first kappa shape index (κ1) is 24.8. The van der Waals surface area contributed by atoms with Gasteiger partial charge in [0.25, 0.3) is 5.88 Å². The van der Waals surface area contributed by atoms with Crippen molar-refractivity contribution < 1.29 is 14.3 Å². The Morgan fingerprint density at radius 3 is 2.62 bits per heavy atom. The molecule has 1 aromatic carbocycles. The highest BCUT2D eigenvalue weighted by molar-refractivity contribution is 8.00. The predicted molar refractivity (Wildman–Crippen MR) is 135 cm³/mol. The second-order valence-electron chi connectivity index (χ2n) is 9.25. The minimum absolute atomic E-state index is 0.130. The molecule has 4 rings (SSSR count). The van der Waals surface area contributed by atoms with Gasteiger partial charge < -0.3 is 20.1 Å². The van der Waals surface area contributed by atoms with E-state index in [4.69, 9.17) is 9.47 Å². The number of carbonyl (C=O) groups is 1. The van der Waals surface area contributed by atoms with Crippen LogP contribution >= 0.6 is 11.8 Å². The van der Waals surface area contributed by atoms with Crippen LogP contribution in [0.1, 0.15) is 44.9 Å². The maximum absolute atomic E-state index is 12.9. The minimum Gasteiger partial charge on any atom is -0.490 e. The van der Waals surface area contributed by atoms with E-state index in [1.807, 2.05) is 24.3 Å². The van der Waals surface area contributed by atoms with Crippen molar-refractivity contribution in [3.8, 4) is 23.0 Å². The zero-order valence-corrected chi connectivity index (χ0v) is 21.0. The maximum Gasteiger partial charge on any atom is 0.260 e. The molecule has 8 heteroatoms. The van der Waals surface area contributed by atoms with E-state index in [2.05, 4.69) is 20.6 Å². The quantitative estimate of drug-likeness (QED) is 0.486. The minimum atomic E-state index is 0.130. The molecule has 0 bridgehead atoms. The van der Waals surface area contributed by atoms with Gasteiger partial charge in [0.2, 0.25) is 5.91 Å². The Balaban J connectivity index is 1.32. The van der Waals surface area contributed by atoms with Gasteiger partial charge in [-0.2, -0.15) is 4.98 Å². The Kier molecular flexibility index (Phi) is 9.04. The van der Waals surface area contributed by atoms with Crippen LogP contribution in [0.25, 0.3) is 11.4 Å². The van der Waals surface area contributed by atoms with Gasteiger partial charge in [-0.25, -0.2) is 4.98 Å². The molecule has 1 aliphatic carbocycles. The molecular formula is C26H36N4O3S. The van der Waals surface area contributed by atoms with Crippen LogP contribution in [0.4, 0.5) is 0 Å². The molecule has 2 unspecified atom stereocenters. The second kappa shape index (κ2) is 12.4. The number of hydrogen-bond acceptors (Lipinski definition) is 7. The first-order chi connectivity index (χ1) is 16.7. The zero-order chi connectivity index (χ0) is 23.8. The molecule has 0 radical (unpaired) electrons. The van der Waals surface area contributed by atoms with Gasteiger partial charge in [0.05, 0.1) is 26.2 Å². The third kappa shape index (κ3) is 6.63. The molecule has 34 heavy (non-hydrogen) atoms. The fourth-order valence-corrected chi connectivity index (χ4v) is 5.78. The van der Waals surface area contributed by atoms with E-state index in [0.717, 1.165) is 35.9 Å².